The first-order valence-electron chi connectivity index (χ1n) is 6.13. The van der Waals surface area contributed by atoms with Gasteiger partial charge in [-0.25, -0.2) is 4.98 Å². The smallest absolute Gasteiger partial charge is 0.379 e. The number of hydrogen-bond donors (Lipinski definition) is 1. The minimum absolute atomic E-state index is 0.253. The third-order valence-corrected chi connectivity index (χ3v) is 2.93. The molecule has 1 aromatic rings. The van der Waals surface area contributed by atoms with E-state index in [2.05, 4.69) is 15.2 Å². The molecule has 0 unspecified atom stereocenters. The molecular formula is C12H16F3N3O. The lowest BCUT2D eigenvalue weighted by Crippen LogP contribution is -2.39. The molecule has 2 rings (SSSR count). The SMILES string of the molecule is FC(F)(F)c1ccnc(NCCN2CCOCC2)c1. The van der Waals surface area contributed by atoms with E-state index in [-0.39, 0.29) is 5.82 Å². The second kappa shape index (κ2) is 6.21. The number of aromatic nitrogens is 1. The van der Waals surface area contributed by atoms with Gasteiger partial charge in [0.2, 0.25) is 0 Å². The van der Waals surface area contributed by atoms with E-state index in [1.807, 2.05) is 0 Å². The van der Waals surface area contributed by atoms with Crippen molar-refractivity contribution in [1.82, 2.24) is 9.88 Å². The standard InChI is InChI=1S/C12H16F3N3O/c13-12(14,15)10-1-2-16-11(9-10)17-3-4-18-5-7-19-8-6-18/h1-2,9H,3-8H2,(H,16,17). The highest BCUT2D eigenvalue weighted by Crippen LogP contribution is 2.29. The Labute approximate surface area is 109 Å². The number of alkyl halides is 3. The van der Waals surface area contributed by atoms with E-state index >= 15 is 0 Å². The number of pyridine rings is 1. The molecule has 1 fully saturated rings. The van der Waals surface area contributed by atoms with Gasteiger partial charge in [-0.2, -0.15) is 13.2 Å². The first kappa shape index (κ1) is 14.1. The van der Waals surface area contributed by atoms with Crippen molar-refractivity contribution < 1.29 is 17.9 Å². The Bertz CT molecular complexity index is 405. The predicted octanol–water partition coefficient (Wildman–Crippen LogP) is 1.84. The number of morpholine rings is 1. The van der Waals surface area contributed by atoms with Crippen molar-refractivity contribution in [3.8, 4) is 0 Å². The van der Waals surface area contributed by atoms with Gasteiger partial charge in [0.15, 0.2) is 0 Å². The van der Waals surface area contributed by atoms with Crippen LogP contribution in [0.5, 0.6) is 0 Å². The van der Waals surface area contributed by atoms with Crippen LogP contribution in [0.2, 0.25) is 0 Å². The second-order valence-corrected chi connectivity index (χ2v) is 4.31. The van der Waals surface area contributed by atoms with Gasteiger partial charge < -0.3 is 10.1 Å². The average Bonchev–Trinajstić information content (AvgIpc) is 2.39. The van der Waals surface area contributed by atoms with E-state index in [0.29, 0.717) is 19.8 Å². The van der Waals surface area contributed by atoms with Gasteiger partial charge in [0.1, 0.15) is 5.82 Å². The fraction of sp³-hybridized carbons (Fsp3) is 0.583. The highest BCUT2D eigenvalue weighted by atomic mass is 19.4. The topological polar surface area (TPSA) is 37.4 Å². The summed E-state index contributed by atoms with van der Waals surface area (Å²) in [6, 6.07) is 1.99. The van der Waals surface area contributed by atoms with Gasteiger partial charge in [-0.15, -0.1) is 0 Å². The molecule has 2 heterocycles. The Balaban J connectivity index is 1.82. The van der Waals surface area contributed by atoms with Gasteiger partial charge in [0, 0.05) is 32.4 Å². The van der Waals surface area contributed by atoms with Crippen molar-refractivity contribution in [3.63, 3.8) is 0 Å². The second-order valence-electron chi connectivity index (χ2n) is 4.31. The molecule has 0 aromatic carbocycles. The Morgan fingerprint density at radius 1 is 1.32 bits per heavy atom. The monoisotopic (exact) mass is 275 g/mol. The highest BCUT2D eigenvalue weighted by Gasteiger charge is 2.30. The fourth-order valence-corrected chi connectivity index (χ4v) is 1.87. The van der Waals surface area contributed by atoms with Gasteiger partial charge in [-0.05, 0) is 12.1 Å². The lowest BCUT2D eigenvalue weighted by atomic mass is 10.2. The molecular weight excluding hydrogens is 259 g/mol. The van der Waals surface area contributed by atoms with E-state index in [4.69, 9.17) is 4.74 Å². The summed E-state index contributed by atoms with van der Waals surface area (Å²) in [4.78, 5) is 6.08. The number of nitrogens with one attached hydrogen (secondary N) is 1. The Hall–Kier alpha value is -1.34. The molecule has 0 atom stereocenters. The molecule has 0 amide bonds. The van der Waals surface area contributed by atoms with Crippen molar-refractivity contribution >= 4 is 5.82 Å². The number of anilines is 1. The molecule has 1 aliphatic heterocycles. The molecule has 0 bridgehead atoms. The number of hydrogen-bond acceptors (Lipinski definition) is 4. The maximum Gasteiger partial charge on any atom is 0.416 e. The van der Waals surface area contributed by atoms with Crippen LogP contribution in [0, 0.1) is 0 Å². The van der Waals surface area contributed by atoms with E-state index in [9.17, 15) is 13.2 Å². The van der Waals surface area contributed by atoms with Crippen LogP contribution in [-0.4, -0.2) is 49.3 Å². The largest absolute Gasteiger partial charge is 0.416 e. The Morgan fingerprint density at radius 2 is 2.05 bits per heavy atom. The zero-order valence-electron chi connectivity index (χ0n) is 10.4. The minimum atomic E-state index is -4.33. The highest BCUT2D eigenvalue weighted by molar-refractivity contribution is 5.38. The maximum atomic E-state index is 12.5. The van der Waals surface area contributed by atoms with Crippen LogP contribution < -0.4 is 5.32 Å². The summed E-state index contributed by atoms with van der Waals surface area (Å²) in [6.07, 6.45) is -3.16. The number of nitrogens with zero attached hydrogens (tertiary/aromatic N) is 2. The molecule has 0 saturated carbocycles. The third kappa shape index (κ3) is 4.36. The average molecular weight is 275 g/mol. The molecule has 1 aromatic heterocycles. The summed E-state index contributed by atoms with van der Waals surface area (Å²) in [5.74, 6) is 0.253. The lowest BCUT2D eigenvalue weighted by molar-refractivity contribution is -0.137. The molecule has 0 spiro atoms. The fourth-order valence-electron chi connectivity index (χ4n) is 1.87. The zero-order valence-corrected chi connectivity index (χ0v) is 10.4. The van der Waals surface area contributed by atoms with E-state index in [1.54, 1.807) is 0 Å². The lowest BCUT2D eigenvalue weighted by Gasteiger charge is -2.26. The number of ether oxygens (including phenoxy) is 1. The van der Waals surface area contributed by atoms with E-state index in [1.165, 1.54) is 6.20 Å². The molecule has 1 saturated heterocycles. The maximum absolute atomic E-state index is 12.5. The molecule has 1 N–H and O–H groups in total. The summed E-state index contributed by atoms with van der Waals surface area (Å²) >= 11 is 0. The van der Waals surface area contributed by atoms with Crippen LogP contribution >= 0.6 is 0 Å². The van der Waals surface area contributed by atoms with Crippen LogP contribution in [0.3, 0.4) is 0 Å². The molecule has 0 aliphatic carbocycles. The van der Waals surface area contributed by atoms with Crippen LogP contribution in [0.15, 0.2) is 18.3 Å². The van der Waals surface area contributed by atoms with Gasteiger partial charge in [-0.3, -0.25) is 4.90 Å². The van der Waals surface area contributed by atoms with Crippen LogP contribution in [0.4, 0.5) is 19.0 Å². The Morgan fingerprint density at radius 3 is 2.74 bits per heavy atom. The van der Waals surface area contributed by atoms with Crippen molar-refractivity contribution in [3.05, 3.63) is 23.9 Å². The molecule has 7 heteroatoms. The van der Waals surface area contributed by atoms with Gasteiger partial charge in [-0.1, -0.05) is 0 Å². The van der Waals surface area contributed by atoms with Gasteiger partial charge in [0.25, 0.3) is 0 Å². The van der Waals surface area contributed by atoms with Crippen LogP contribution in [0.25, 0.3) is 0 Å². The number of rotatable bonds is 4. The van der Waals surface area contributed by atoms with Crippen molar-refractivity contribution in [2.45, 2.75) is 6.18 Å². The molecule has 4 nitrogen and oxygen atoms in total. The summed E-state index contributed by atoms with van der Waals surface area (Å²) in [7, 11) is 0. The summed E-state index contributed by atoms with van der Waals surface area (Å²) in [5, 5.41) is 2.91. The van der Waals surface area contributed by atoms with E-state index in [0.717, 1.165) is 31.8 Å². The van der Waals surface area contributed by atoms with Crippen LogP contribution in [0.1, 0.15) is 5.56 Å². The van der Waals surface area contributed by atoms with Gasteiger partial charge in [0.05, 0.1) is 18.8 Å². The van der Waals surface area contributed by atoms with Crippen molar-refractivity contribution in [2.75, 3.05) is 44.7 Å². The third-order valence-electron chi connectivity index (χ3n) is 2.93. The first-order valence-corrected chi connectivity index (χ1v) is 6.13. The molecule has 1 aliphatic rings. The van der Waals surface area contributed by atoms with Crippen molar-refractivity contribution in [1.29, 1.82) is 0 Å². The van der Waals surface area contributed by atoms with Crippen molar-refractivity contribution in [2.24, 2.45) is 0 Å². The summed E-state index contributed by atoms with van der Waals surface area (Å²) < 4.78 is 42.7. The molecule has 19 heavy (non-hydrogen) atoms. The predicted molar refractivity (Wildman–Crippen MR) is 65.0 cm³/mol. The first-order chi connectivity index (χ1) is 9.05. The molecule has 106 valence electrons. The summed E-state index contributed by atoms with van der Waals surface area (Å²) in [5.41, 5.74) is -0.684. The normalized spacial score (nSPS) is 17.4. The van der Waals surface area contributed by atoms with Crippen LogP contribution in [-0.2, 0) is 10.9 Å². The van der Waals surface area contributed by atoms with E-state index < -0.39 is 11.7 Å². The number of halogens is 3. The Kier molecular flexibility index (Phi) is 4.60. The van der Waals surface area contributed by atoms with Gasteiger partial charge >= 0.3 is 6.18 Å². The zero-order chi connectivity index (χ0) is 13.7. The molecule has 0 radical (unpaired) electrons. The minimum Gasteiger partial charge on any atom is -0.379 e. The quantitative estimate of drug-likeness (QED) is 0.910. The summed E-state index contributed by atoms with van der Waals surface area (Å²) in [6.45, 7) is 4.47.